The van der Waals surface area contributed by atoms with Crippen molar-refractivity contribution in [3.8, 4) is 11.3 Å². The molecule has 0 saturated carbocycles. The van der Waals surface area contributed by atoms with Crippen LogP contribution in [0.4, 0.5) is 4.39 Å². The third kappa shape index (κ3) is 5.53. The summed E-state index contributed by atoms with van der Waals surface area (Å²) in [7, 11) is 1.77. The molecule has 3 aromatic rings. The third-order valence-electron chi connectivity index (χ3n) is 4.95. The number of amides is 2. The fourth-order valence-electron chi connectivity index (χ4n) is 3.23. The number of rotatable bonds is 9. The standard InChI is InChI=1S/C23H25FN4O2/c1-28(23(30)17-11-9-16(10-12-17)22(25)29)13-4-2-3-8-20-15-21(27-26-20)18-6-5-7-19(24)14-18/h5-7,9-12,14-15H,2-4,8,13H2,1H3,(H2,25,29)(H,26,27). The number of nitrogens with one attached hydrogen (secondary N) is 1. The summed E-state index contributed by atoms with van der Waals surface area (Å²) >= 11 is 0. The third-order valence-corrected chi connectivity index (χ3v) is 4.95. The summed E-state index contributed by atoms with van der Waals surface area (Å²) < 4.78 is 13.3. The van der Waals surface area contributed by atoms with E-state index in [1.807, 2.05) is 12.1 Å². The van der Waals surface area contributed by atoms with E-state index in [0.29, 0.717) is 17.7 Å². The van der Waals surface area contributed by atoms with Crippen molar-refractivity contribution in [3.05, 3.63) is 77.2 Å². The van der Waals surface area contributed by atoms with Gasteiger partial charge in [-0.15, -0.1) is 0 Å². The van der Waals surface area contributed by atoms with Gasteiger partial charge in [0.05, 0.1) is 5.69 Å². The molecule has 0 atom stereocenters. The predicted molar refractivity (Wildman–Crippen MR) is 113 cm³/mol. The van der Waals surface area contributed by atoms with Crippen LogP contribution >= 0.6 is 0 Å². The highest BCUT2D eigenvalue weighted by Crippen LogP contribution is 2.19. The van der Waals surface area contributed by atoms with Crippen LogP contribution in [0.5, 0.6) is 0 Å². The Morgan fingerprint density at radius 3 is 2.47 bits per heavy atom. The summed E-state index contributed by atoms with van der Waals surface area (Å²) in [5.41, 5.74) is 8.63. The molecule has 0 spiro atoms. The molecule has 6 nitrogen and oxygen atoms in total. The van der Waals surface area contributed by atoms with Crippen molar-refractivity contribution in [3.63, 3.8) is 0 Å². The number of aromatic amines is 1. The highest BCUT2D eigenvalue weighted by atomic mass is 19.1. The molecule has 2 amide bonds. The Bertz CT molecular complexity index is 1010. The smallest absolute Gasteiger partial charge is 0.253 e. The second kappa shape index (κ2) is 9.82. The van der Waals surface area contributed by atoms with Gasteiger partial charge in [-0.3, -0.25) is 14.7 Å². The van der Waals surface area contributed by atoms with E-state index in [9.17, 15) is 14.0 Å². The van der Waals surface area contributed by atoms with Crippen LogP contribution in [0.2, 0.25) is 0 Å². The number of unbranched alkanes of at least 4 members (excludes halogenated alkanes) is 2. The van der Waals surface area contributed by atoms with Gasteiger partial charge in [-0.1, -0.05) is 18.6 Å². The van der Waals surface area contributed by atoms with Crippen LogP contribution in [0, 0.1) is 5.82 Å². The number of nitrogens with zero attached hydrogens (tertiary/aromatic N) is 2. The maximum Gasteiger partial charge on any atom is 0.253 e. The van der Waals surface area contributed by atoms with Crippen LogP contribution < -0.4 is 5.73 Å². The monoisotopic (exact) mass is 408 g/mol. The maximum atomic E-state index is 13.3. The number of benzene rings is 2. The maximum absolute atomic E-state index is 13.3. The number of carbonyl (C=O) groups is 2. The lowest BCUT2D eigenvalue weighted by Crippen LogP contribution is -2.27. The number of hydrogen-bond acceptors (Lipinski definition) is 3. The zero-order valence-corrected chi connectivity index (χ0v) is 16.9. The van der Waals surface area contributed by atoms with Gasteiger partial charge in [-0.2, -0.15) is 5.10 Å². The van der Waals surface area contributed by atoms with E-state index in [1.165, 1.54) is 12.1 Å². The molecule has 3 N–H and O–H groups in total. The summed E-state index contributed by atoms with van der Waals surface area (Å²) in [6.45, 7) is 0.647. The van der Waals surface area contributed by atoms with Crippen LogP contribution in [0.15, 0.2) is 54.6 Å². The summed E-state index contributed by atoms with van der Waals surface area (Å²) in [5.74, 6) is -0.874. The van der Waals surface area contributed by atoms with Crippen molar-refractivity contribution in [1.82, 2.24) is 15.1 Å². The second-order valence-electron chi connectivity index (χ2n) is 7.27. The van der Waals surface area contributed by atoms with Gasteiger partial charge in [0.15, 0.2) is 0 Å². The summed E-state index contributed by atoms with van der Waals surface area (Å²) in [5, 5.41) is 7.26. The predicted octanol–water partition coefficient (Wildman–Crippen LogP) is 3.80. The molecule has 1 heterocycles. The Morgan fingerprint density at radius 2 is 1.77 bits per heavy atom. The Morgan fingerprint density at radius 1 is 1.03 bits per heavy atom. The molecule has 2 aromatic carbocycles. The van der Waals surface area contributed by atoms with E-state index < -0.39 is 5.91 Å². The van der Waals surface area contributed by atoms with Gasteiger partial charge in [0.25, 0.3) is 5.91 Å². The molecule has 30 heavy (non-hydrogen) atoms. The van der Waals surface area contributed by atoms with Crippen molar-refractivity contribution in [1.29, 1.82) is 0 Å². The molecule has 7 heteroatoms. The van der Waals surface area contributed by atoms with E-state index in [1.54, 1.807) is 42.3 Å². The minimum Gasteiger partial charge on any atom is -0.366 e. The Labute approximate surface area is 174 Å². The van der Waals surface area contributed by atoms with Crippen LogP contribution in [0.3, 0.4) is 0 Å². The van der Waals surface area contributed by atoms with Gasteiger partial charge < -0.3 is 10.6 Å². The summed E-state index contributed by atoms with van der Waals surface area (Å²) in [4.78, 5) is 25.2. The van der Waals surface area contributed by atoms with Crippen molar-refractivity contribution < 1.29 is 14.0 Å². The van der Waals surface area contributed by atoms with Gasteiger partial charge in [-0.25, -0.2) is 4.39 Å². The Kier molecular flexibility index (Phi) is 6.95. The number of primary amides is 1. The van der Waals surface area contributed by atoms with Crippen molar-refractivity contribution in [2.24, 2.45) is 5.73 Å². The fraction of sp³-hybridized carbons (Fsp3) is 0.261. The van der Waals surface area contributed by atoms with Crippen molar-refractivity contribution in [2.45, 2.75) is 25.7 Å². The lowest BCUT2D eigenvalue weighted by molar-refractivity contribution is 0.0792. The largest absolute Gasteiger partial charge is 0.366 e. The number of halogens is 1. The average Bonchev–Trinajstić information content (AvgIpc) is 3.22. The second-order valence-corrected chi connectivity index (χ2v) is 7.27. The molecule has 0 saturated heterocycles. The normalized spacial score (nSPS) is 10.7. The number of nitrogens with two attached hydrogens (primary N) is 1. The van der Waals surface area contributed by atoms with Crippen molar-refractivity contribution in [2.75, 3.05) is 13.6 Å². The molecular formula is C23H25FN4O2. The molecule has 0 radical (unpaired) electrons. The fourth-order valence-corrected chi connectivity index (χ4v) is 3.23. The first-order valence-electron chi connectivity index (χ1n) is 9.89. The summed E-state index contributed by atoms with van der Waals surface area (Å²) in [6, 6.07) is 14.7. The van der Waals surface area contributed by atoms with Crippen molar-refractivity contribution >= 4 is 11.8 Å². The molecule has 0 unspecified atom stereocenters. The topological polar surface area (TPSA) is 92.1 Å². The number of aromatic nitrogens is 2. The molecule has 0 aliphatic rings. The Balaban J connectivity index is 1.40. The molecular weight excluding hydrogens is 383 g/mol. The van der Waals surface area contributed by atoms with Gasteiger partial charge in [-0.05, 0) is 61.7 Å². The van der Waals surface area contributed by atoms with E-state index >= 15 is 0 Å². The molecule has 156 valence electrons. The van der Waals surface area contributed by atoms with E-state index in [4.69, 9.17) is 5.73 Å². The molecule has 0 aliphatic heterocycles. The molecule has 3 rings (SSSR count). The lowest BCUT2D eigenvalue weighted by atomic mass is 10.1. The molecule has 0 fully saturated rings. The molecule has 0 bridgehead atoms. The highest BCUT2D eigenvalue weighted by molar-refractivity contribution is 5.97. The zero-order chi connectivity index (χ0) is 21.5. The molecule has 0 aliphatic carbocycles. The first-order valence-corrected chi connectivity index (χ1v) is 9.89. The lowest BCUT2D eigenvalue weighted by Gasteiger charge is -2.17. The average molecular weight is 408 g/mol. The van der Waals surface area contributed by atoms with E-state index in [0.717, 1.165) is 42.6 Å². The van der Waals surface area contributed by atoms with Crippen LogP contribution in [0.25, 0.3) is 11.3 Å². The van der Waals surface area contributed by atoms with E-state index in [-0.39, 0.29) is 11.7 Å². The first-order chi connectivity index (χ1) is 14.4. The number of aryl methyl sites for hydroxylation is 1. The minimum absolute atomic E-state index is 0.0840. The van der Waals surface area contributed by atoms with Gasteiger partial charge in [0.2, 0.25) is 5.91 Å². The number of H-pyrrole nitrogens is 1. The minimum atomic E-state index is -0.511. The van der Waals surface area contributed by atoms with Gasteiger partial charge >= 0.3 is 0 Å². The van der Waals surface area contributed by atoms with Crippen LogP contribution in [-0.4, -0.2) is 40.5 Å². The van der Waals surface area contributed by atoms with Gasteiger partial charge in [0.1, 0.15) is 5.82 Å². The number of hydrogen-bond donors (Lipinski definition) is 2. The Hall–Kier alpha value is -3.48. The first kappa shape index (κ1) is 21.2. The quantitative estimate of drug-likeness (QED) is 0.528. The van der Waals surface area contributed by atoms with Gasteiger partial charge in [0, 0.05) is 36.0 Å². The van der Waals surface area contributed by atoms with Crippen LogP contribution in [-0.2, 0) is 6.42 Å². The zero-order valence-electron chi connectivity index (χ0n) is 16.9. The SMILES string of the molecule is CN(CCCCCc1cc(-c2cccc(F)c2)n[nH]1)C(=O)c1ccc(C(N)=O)cc1. The highest BCUT2D eigenvalue weighted by Gasteiger charge is 2.12. The molecule has 1 aromatic heterocycles. The number of carbonyl (C=O) groups excluding carboxylic acids is 2. The van der Waals surface area contributed by atoms with Crippen LogP contribution in [0.1, 0.15) is 45.7 Å². The van der Waals surface area contributed by atoms with E-state index in [2.05, 4.69) is 10.2 Å². The summed E-state index contributed by atoms with van der Waals surface area (Å²) in [6.07, 6.45) is 3.65.